The molecule has 0 saturated heterocycles. The molecule has 0 spiro atoms. The lowest BCUT2D eigenvalue weighted by atomic mass is 10.0. The fraction of sp³-hybridized carbons (Fsp3) is 0.795. The first-order chi connectivity index (χ1) is 19.3. The Morgan fingerprint density at radius 1 is 0.333 bits per heavy atom. The average molecular weight is 539 g/mol. The van der Waals surface area contributed by atoms with Crippen molar-refractivity contribution in [3.63, 3.8) is 0 Å². The summed E-state index contributed by atoms with van der Waals surface area (Å²) in [5.41, 5.74) is 0. The predicted octanol–water partition coefficient (Wildman–Crippen LogP) is 13.9. The molecule has 2 unspecified atom stereocenters. The Morgan fingerprint density at radius 3 is 1.03 bits per heavy atom. The van der Waals surface area contributed by atoms with Gasteiger partial charge in [0.25, 0.3) is 0 Å². The highest BCUT2D eigenvalue weighted by Gasteiger charge is 2.46. The Balaban J connectivity index is 1.88. The van der Waals surface area contributed by atoms with E-state index < -0.39 is 0 Å². The summed E-state index contributed by atoms with van der Waals surface area (Å²) in [4.78, 5) is 0. The van der Waals surface area contributed by atoms with Crippen molar-refractivity contribution in [2.24, 2.45) is 17.8 Å². The van der Waals surface area contributed by atoms with Crippen LogP contribution in [0.2, 0.25) is 0 Å². The monoisotopic (exact) mass is 539 g/mol. The first kappa shape index (κ1) is 36.0. The molecule has 0 aliphatic heterocycles. The van der Waals surface area contributed by atoms with Gasteiger partial charge in [0.05, 0.1) is 0 Å². The Hall–Kier alpha value is -1.04. The third-order valence-corrected chi connectivity index (χ3v) is 8.96. The summed E-state index contributed by atoms with van der Waals surface area (Å²) >= 11 is 0. The molecule has 1 aliphatic rings. The molecule has 0 aromatic carbocycles. The topological polar surface area (TPSA) is 0 Å². The van der Waals surface area contributed by atoms with Crippen LogP contribution in [0.5, 0.6) is 0 Å². The highest BCUT2D eigenvalue weighted by Crippen LogP contribution is 2.54. The Morgan fingerprint density at radius 2 is 0.667 bits per heavy atom. The van der Waals surface area contributed by atoms with Gasteiger partial charge >= 0.3 is 0 Å². The van der Waals surface area contributed by atoms with E-state index in [4.69, 9.17) is 0 Å². The normalized spacial score (nSPS) is 19.5. The summed E-state index contributed by atoms with van der Waals surface area (Å²) in [6.45, 7) is 6.98. The van der Waals surface area contributed by atoms with E-state index in [-0.39, 0.29) is 0 Å². The van der Waals surface area contributed by atoms with Gasteiger partial charge in [0.2, 0.25) is 0 Å². The summed E-state index contributed by atoms with van der Waals surface area (Å²) in [6, 6.07) is 0. The predicted molar refractivity (Wildman–Crippen MR) is 179 cm³/mol. The van der Waals surface area contributed by atoms with Crippen LogP contribution in [-0.2, 0) is 0 Å². The van der Waals surface area contributed by atoms with Crippen LogP contribution < -0.4 is 0 Å². The van der Waals surface area contributed by atoms with Gasteiger partial charge in [-0.3, -0.25) is 0 Å². The van der Waals surface area contributed by atoms with Gasteiger partial charge < -0.3 is 0 Å². The van der Waals surface area contributed by atoms with Crippen molar-refractivity contribution in [1.29, 1.82) is 0 Å². The van der Waals surface area contributed by atoms with Gasteiger partial charge in [0.15, 0.2) is 0 Å². The first-order valence-electron chi connectivity index (χ1n) is 17.9. The zero-order valence-electron chi connectivity index (χ0n) is 27.0. The van der Waals surface area contributed by atoms with E-state index >= 15 is 0 Å². The van der Waals surface area contributed by atoms with Gasteiger partial charge in [-0.05, 0) is 94.8 Å². The molecule has 0 radical (unpaired) electrons. The van der Waals surface area contributed by atoms with Crippen molar-refractivity contribution >= 4 is 0 Å². The van der Waals surface area contributed by atoms with E-state index in [0.717, 1.165) is 30.6 Å². The molecule has 1 fully saturated rings. The zero-order chi connectivity index (χ0) is 28.1. The lowest BCUT2D eigenvalue weighted by Gasteiger charge is -2.02. The second-order valence-corrected chi connectivity index (χ2v) is 12.4. The number of unbranched alkanes of at least 4 members (excludes halogenated alkanes) is 16. The van der Waals surface area contributed by atoms with Crippen LogP contribution in [0.1, 0.15) is 181 Å². The van der Waals surface area contributed by atoms with Gasteiger partial charge in [-0.25, -0.2) is 0 Å². The molecule has 0 bridgehead atoms. The largest absolute Gasteiger partial charge is 0.0882 e. The average Bonchev–Trinajstić information content (AvgIpc) is 3.63. The molecule has 2 atom stereocenters. The SMILES string of the molecule is CCCCC/C=C\C/C=C\CCCCCCCC1C(CC)C1CCCCCCC/C=C\C/C=C\CCCCC. The number of hydrogen-bond donors (Lipinski definition) is 0. The van der Waals surface area contributed by atoms with E-state index in [9.17, 15) is 0 Å². The molecule has 1 aliphatic carbocycles. The fourth-order valence-electron chi connectivity index (χ4n) is 6.37. The van der Waals surface area contributed by atoms with Crippen molar-refractivity contribution < 1.29 is 0 Å². The van der Waals surface area contributed by atoms with Crippen LogP contribution in [0.15, 0.2) is 48.6 Å². The molecule has 0 nitrogen and oxygen atoms in total. The minimum absolute atomic E-state index is 1.07. The standard InChI is InChI=1S/C39H70/c1-4-7-9-11-13-15-17-19-21-23-25-27-29-31-33-35-38-37(6-3)39(38)36-34-32-30-28-26-24-22-20-18-16-14-12-10-8-5-2/h13-16,19-22,37-39H,4-12,17-18,23-36H2,1-3H3/b15-13-,16-14-,21-19-,22-20-. The van der Waals surface area contributed by atoms with Crippen LogP contribution >= 0.6 is 0 Å². The number of rotatable bonds is 29. The van der Waals surface area contributed by atoms with E-state index in [1.54, 1.807) is 0 Å². The van der Waals surface area contributed by atoms with Crippen molar-refractivity contribution in [3.8, 4) is 0 Å². The zero-order valence-corrected chi connectivity index (χ0v) is 27.0. The summed E-state index contributed by atoms with van der Waals surface area (Å²) in [5, 5.41) is 0. The third-order valence-electron chi connectivity index (χ3n) is 8.96. The van der Waals surface area contributed by atoms with Crippen molar-refractivity contribution in [2.45, 2.75) is 181 Å². The molecule has 0 amide bonds. The molecular formula is C39H70. The number of hydrogen-bond acceptors (Lipinski definition) is 0. The minimum Gasteiger partial charge on any atom is -0.0882 e. The van der Waals surface area contributed by atoms with E-state index in [0.29, 0.717) is 0 Å². The maximum absolute atomic E-state index is 2.43. The second-order valence-electron chi connectivity index (χ2n) is 12.4. The van der Waals surface area contributed by atoms with Gasteiger partial charge in [-0.15, -0.1) is 0 Å². The third kappa shape index (κ3) is 22.3. The van der Waals surface area contributed by atoms with Crippen LogP contribution in [0.3, 0.4) is 0 Å². The molecule has 0 heteroatoms. The van der Waals surface area contributed by atoms with Crippen LogP contribution in [0.25, 0.3) is 0 Å². The summed E-state index contributed by atoms with van der Waals surface area (Å²) in [7, 11) is 0. The maximum atomic E-state index is 2.43. The van der Waals surface area contributed by atoms with Gasteiger partial charge in [-0.2, -0.15) is 0 Å². The van der Waals surface area contributed by atoms with Crippen molar-refractivity contribution in [2.75, 3.05) is 0 Å². The fourth-order valence-corrected chi connectivity index (χ4v) is 6.37. The lowest BCUT2D eigenvalue weighted by molar-refractivity contribution is 0.517. The van der Waals surface area contributed by atoms with E-state index in [1.165, 1.54) is 148 Å². The van der Waals surface area contributed by atoms with Crippen molar-refractivity contribution in [3.05, 3.63) is 48.6 Å². The molecule has 226 valence electrons. The van der Waals surface area contributed by atoms with Gasteiger partial charge in [-0.1, -0.05) is 153 Å². The van der Waals surface area contributed by atoms with Gasteiger partial charge in [0.1, 0.15) is 0 Å². The quantitative estimate of drug-likeness (QED) is 0.0656. The second kappa shape index (κ2) is 28.5. The molecule has 0 aromatic rings. The van der Waals surface area contributed by atoms with E-state index in [1.807, 2.05) is 0 Å². The first-order valence-corrected chi connectivity index (χ1v) is 17.9. The molecule has 1 rings (SSSR count). The smallest absolute Gasteiger partial charge is 0.0169 e. The van der Waals surface area contributed by atoms with Crippen LogP contribution in [0.4, 0.5) is 0 Å². The van der Waals surface area contributed by atoms with Crippen molar-refractivity contribution in [1.82, 2.24) is 0 Å². The Labute approximate surface area is 247 Å². The van der Waals surface area contributed by atoms with Gasteiger partial charge in [0, 0.05) is 0 Å². The Bertz CT molecular complexity index is 554. The van der Waals surface area contributed by atoms with Crippen LogP contribution in [-0.4, -0.2) is 0 Å². The minimum atomic E-state index is 1.07. The Kier molecular flexibility index (Phi) is 26.3. The molecule has 0 aromatic heterocycles. The van der Waals surface area contributed by atoms with E-state index in [2.05, 4.69) is 69.4 Å². The lowest BCUT2D eigenvalue weighted by Crippen LogP contribution is -1.87. The molecule has 39 heavy (non-hydrogen) atoms. The molecular weight excluding hydrogens is 468 g/mol. The molecule has 0 N–H and O–H groups in total. The summed E-state index contributed by atoms with van der Waals surface area (Å²) < 4.78 is 0. The number of allylic oxidation sites excluding steroid dienone is 8. The highest BCUT2D eigenvalue weighted by molar-refractivity contribution is 4.96. The molecule has 0 heterocycles. The summed E-state index contributed by atoms with van der Waals surface area (Å²) in [6.07, 6.45) is 53.3. The maximum Gasteiger partial charge on any atom is -0.0169 e. The van der Waals surface area contributed by atoms with Crippen LogP contribution in [0, 0.1) is 17.8 Å². The summed E-state index contributed by atoms with van der Waals surface area (Å²) in [5.74, 6) is 3.24. The molecule has 1 saturated carbocycles. The highest BCUT2D eigenvalue weighted by atomic mass is 14.5.